The quantitative estimate of drug-likeness (QED) is 0.252. The molecule has 0 aliphatic rings. The van der Waals surface area contributed by atoms with Crippen LogP contribution >= 0.6 is 0 Å². The van der Waals surface area contributed by atoms with Gasteiger partial charge in [-0.25, -0.2) is 0 Å². The van der Waals surface area contributed by atoms with Crippen LogP contribution in [0.5, 0.6) is 0 Å². The van der Waals surface area contributed by atoms with Crippen LogP contribution in [0.25, 0.3) is 0 Å². The summed E-state index contributed by atoms with van der Waals surface area (Å²) in [6, 6.07) is 0. The topological polar surface area (TPSA) is 0 Å². The summed E-state index contributed by atoms with van der Waals surface area (Å²) in [6.07, 6.45) is 21.8. The molecule has 0 aliphatic heterocycles. The zero-order valence-corrected chi connectivity index (χ0v) is 15.8. The predicted octanol–water partition coefficient (Wildman–Crippen LogP) is 8.15. The summed E-state index contributed by atoms with van der Waals surface area (Å²) in [5.41, 5.74) is 0. The van der Waals surface area contributed by atoms with E-state index in [4.69, 9.17) is 0 Å². The van der Waals surface area contributed by atoms with Crippen LogP contribution in [0.2, 0.25) is 0 Å². The van der Waals surface area contributed by atoms with E-state index in [1.54, 1.807) is 0 Å². The van der Waals surface area contributed by atoms with Gasteiger partial charge in [0.25, 0.3) is 0 Å². The van der Waals surface area contributed by atoms with E-state index in [1.165, 1.54) is 96.3 Å². The molecule has 0 aromatic carbocycles. The Balaban J connectivity index is 3.30. The van der Waals surface area contributed by atoms with Gasteiger partial charge >= 0.3 is 0 Å². The molecule has 0 heterocycles. The summed E-state index contributed by atoms with van der Waals surface area (Å²) in [7, 11) is 0. The van der Waals surface area contributed by atoms with Crippen molar-refractivity contribution < 1.29 is 0 Å². The van der Waals surface area contributed by atoms with Crippen molar-refractivity contribution in [3.8, 4) is 0 Å². The second kappa shape index (κ2) is 16.4. The highest BCUT2D eigenvalue weighted by molar-refractivity contribution is 4.65. The summed E-state index contributed by atoms with van der Waals surface area (Å²) in [5.74, 6) is 1.94. The normalized spacial score (nSPS) is 14.3. The summed E-state index contributed by atoms with van der Waals surface area (Å²) < 4.78 is 0. The maximum Gasteiger partial charge on any atom is -0.0391 e. The lowest BCUT2D eigenvalue weighted by Gasteiger charge is -2.22. The Morgan fingerprint density at radius 3 is 1.43 bits per heavy atom. The SMILES string of the molecule is CCCCCCCCCCCCCC(CC)C(C)CCC. The Kier molecular flexibility index (Phi) is 16.4. The van der Waals surface area contributed by atoms with Gasteiger partial charge in [-0.3, -0.25) is 0 Å². The van der Waals surface area contributed by atoms with Crippen molar-refractivity contribution in [2.24, 2.45) is 11.8 Å². The number of hydrogen-bond donors (Lipinski definition) is 0. The molecule has 0 fully saturated rings. The smallest absolute Gasteiger partial charge is 0.0391 e. The van der Waals surface area contributed by atoms with Crippen molar-refractivity contribution in [1.29, 1.82) is 0 Å². The Hall–Kier alpha value is 0. The molecule has 0 N–H and O–H groups in total. The van der Waals surface area contributed by atoms with E-state index >= 15 is 0 Å². The molecule has 2 unspecified atom stereocenters. The van der Waals surface area contributed by atoms with Crippen LogP contribution < -0.4 is 0 Å². The Labute approximate surface area is 136 Å². The van der Waals surface area contributed by atoms with Gasteiger partial charge in [-0.15, -0.1) is 0 Å². The van der Waals surface area contributed by atoms with Crippen LogP contribution in [0, 0.1) is 11.8 Å². The van der Waals surface area contributed by atoms with E-state index in [9.17, 15) is 0 Å². The molecule has 2 atom stereocenters. The molecular weight excluding hydrogens is 252 g/mol. The second-order valence-corrected chi connectivity index (χ2v) is 7.26. The van der Waals surface area contributed by atoms with E-state index in [-0.39, 0.29) is 0 Å². The van der Waals surface area contributed by atoms with E-state index in [0.29, 0.717) is 0 Å². The van der Waals surface area contributed by atoms with E-state index in [2.05, 4.69) is 27.7 Å². The standard InChI is InChI=1S/C21H44/c1-5-8-9-10-11-12-13-14-15-16-17-19-21(7-3)20(4)18-6-2/h20-21H,5-19H2,1-4H3. The van der Waals surface area contributed by atoms with Crippen LogP contribution in [0.1, 0.15) is 124 Å². The minimum Gasteiger partial charge on any atom is -0.0654 e. The molecule has 0 radical (unpaired) electrons. The average molecular weight is 297 g/mol. The zero-order valence-electron chi connectivity index (χ0n) is 15.8. The highest BCUT2D eigenvalue weighted by Gasteiger charge is 2.13. The molecule has 0 aromatic rings. The maximum atomic E-state index is 2.47. The molecule has 0 heteroatoms. The summed E-state index contributed by atoms with van der Waals surface area (Å²) in [4.78, 5) is 0. The molecule has 0 spiro atoms. The molecule has 0 saturated heterocycles. The van der Waals surface area contributed by atoms with Gasteiger partial charge in [-0.1, -0.05) is 124 Å². The molecule has 21 heavy (non-hydrogen) atoms. The fraction of sp³-hybridized carbons (Fsp3) is 1.00. The van der Waals surface area contributed by atoms with Crippen molar-refractivity contribution in [1.82, 2.24) is 0 Å². The molecular formula is C21H44. The van der Waals surface area contributed by atoms with Crippen LogP contribution in [0.15, 0.2) is 0 Å². The van der Waals surface area contributed by atoms with Gasteiger partial charge in [0, 0.05) is 0 Å². The van der Waals surface area contributed by atoms with Gasteiger partial charge in [0.2, 0.25) is 0 Å². The van der Waals surface area contributed by atoms with Gasteiger partial charge in [0.15, 0.2) is 0 Å². The first kappa shape index (κ1) is 21.0. The first-order chi connectivity index (χ1) is 10.3. The van der Waals surface area contributed by atoms with Crippen LogP contribution in [0.3, 0.4) is 0 Å². The van der Waals surface area contributed by atoms with Crippen LogP contribution in [-0.4, -0.2) is 0 Å². The third-order valence-corrected chi connectivity index (χ3v) is 5.25. The first-order valence-corrected chi connectivity index (χ1v) is 10.3. The third-order valence-electron chi connectivity index (χ3n) is 5.25. The molecule has 0 saturated carbocycles. The molecule has 0 aromatic heterocycles. The van der Waals surface area contributed by atoms with Crippen molar-refractivity contribution in [2.75, 3.05) is 0 Å². The summed E-state index contributed by atoms with van der Waals surface area (Å²) in [6.45, 7) is 9.48. The lowest BCUT2D eigenvalue weighted by molar-refractivity contribution is 0.297. The van der Waals surface area contributed by atoms with E-state index in [1.807, 2.05) is 0 Å². The van der Waals surface area contributed by atoms with Gasteiger partial charge in [0.1, 0.15) is 0 Å². The molecule has 0 bridgehead atoms. The fourth-order valence-electron chi connectivity index (χ4n) is 3.65. The monoisotopic (exact) mass is 296 g/mol. The molecule has 0 aliphatic carbocycles. The number of hydrogen-bond acceptors (Lipinski definition) is 0. The van der Waals surface area contributed by atoms with Gasteiger partial charge in [0.05, 0.1) is 0 Å². The van der Waals surface area contributed by atoms with E-state index in [0.717, 1.165) is 11.8 Å². The van der Waals surface area contributed by atoms with E-state index < -0.39 is 0 Å². The Morgan fingerprint density at radius 2 is 1.00 bits per heavy atom. The average Bonchev–Trinajstić information content (AvgIpc) is 2.48. The lowest BCUT2D eigenvalue weighted by atomic mass is 9.84. The maximum absolute atomic E-state index is 2.47. The fourth-order valence-corrected chi connectivity index (χ4v) is 3.65. The minimum absolute atomic E-state index is 0.947. The number of unbranched alkanes of at least 4 members (excludes halogenated alkanes) is 10. The summed E-state index contributed by atoms with van der Waals surface area (Å²) in [5, 5.41) is 0. The zero-order chi connectivity index (χ0) is 15.8. The minimum atomic E-state index is 0.947. The van der Waals surface area contributed by atoms with Crippen molar-refractivity contribution >= 4 is 0 Å². The highest BCUT2D eigenvalue weighted by atomic mass is 14.2. The van der Waals surface area contributed by atoms with Gasteiger partial charge < -0.3 is 0 Å². The molecule has 0 rings (SSSR count). The Bertz CT molecular complexity index is 184. The number of rotatable bonds is 16. The third kappa shape index (κ3) is 13.4. The lowest BCUT2D eigenvalue weighted by Crippen LogP contribution is -2.10. The largest absolute Gasteiger partial charge is 0.0654 e. The molecule has 0 nitrogen and oxygen atoms in total. The predicted molar refractivity (Wildman–Crippen MR) is 98.9 cm³/mol. The van der Waals surface area contributed by atoms with Crippen LogP contribution in [0.4, 0.5) is 0 Å². The summed E-state index contributed by atoms with van der Waals surface area (Å²) >= 11 is 0. The van der Waals surface area contributed by atoms with Crippen molar-refractivity contribution in [3.05, 3.63) is 0 Å². The van der Waals surface area contributed by atoms with Gasteiger partial charge in [-0.2, -0.15) is 0 Å². The van der Waals surface area contributed by atoms with Crippen molar-refractivity contribution in [3.63, 3.8) is 0 Å². The molecule has 0 amide bonds. The Morgan fingerprint density at radius 1 is 0.524 bits per heavy atom. The second-order valence-electron chi connectivity index (χ2n) is 7.26. The van der Waals surface area contributed by atoms with Crippen LogP contribution in [-0.2, 0) is 0 Å². The van der Waals surface area contributed by atoms with Gasteiger partial charge in [-0.05, 0) is 11.8 Å². The highest BCUT2D eigenvalue weighted by Crippen LogP contribution is 2.26. The van der Waals surface area contributed by atoms with Crippen molar-refractivity contribution in [2.45, 2.75) is 124 Å². The molecule has 128 valence electrons. The first-order valence-electron chi connectivity index (χ1n) is 10.3.